The molecule has 1 saturated carbocycles. The lowest BCUT2D eigenvalue weighted by atomic mass is 9.98. The number of aromatic nitrogens is 2. The predicted octanol–water partition coefficient (Wildman–Crippen LogP) is 1.89. The van der Waals surface area contributed by atoms with Gasteiger partial charge in [0.25, 0.3) is 0 Å². The summed E-state index contributed by atoms with van der Waals surface area (Å²) in [6.07, 6.45) is 2.45. The van der Waals surface area contributed by atoms with Crippen LogP contribution in [0.25, 0.3) is 0 Å². The number of hydrogen-bond acceptors (Lipinski definition) is 4. The summed E-state index contributed by atoms with van der Waals surface area (Å²) in [7, 11) is 0. The zero-order valence-electron chi connectivity index (χ0n) is 11.5. The molecule has 2 heterocycles. The van der Waals surface area contributed by atoms with E-state index < -0.39 is 0 Å². The van der Waals surface area contributed by atoms with E-state index in [1.54, 1.807) is 0 Å². The van der Waals surface area contributed by atoms with E-state index in [0.29, 0.717) is 0 Å². The number of nitrogens with one attached hydrogen (secondary N) is 2. The van der Waals surface area contributed by atoms with Gasteiger partial charge in [-0.1, -0.05) is 0 Å². The number of anilines is 1. The Morgan fingerprint density at radius 2 is 1.72 bits per heavy atom. The Hall–Kier alpha value is -1.16. The van der Waals surface area contributed by atoms with Gasteiger partial charge in [-0.15, -0.1) is 0 Å². The van der Waals surface area contributed by atoms with Gasteiger partial charge >= 0.3 is 0 Å². The van der Waals surface area contributed by atoms with E-state index >= 15 is 0 Å². The van der Waals surface area contributed by atoms with Crippen molar-refractivity contribution in [1.82, 2.24) is 15.3 Å². The summed E-state index contributed by atoms with van der Waals surface area (Å²) >= 11 is 0. The Balaban J connectivity index is 1.76. The molecule has 2 aliphatic rings. The maximum absolute atomic E-state index is 4.50. The lowest BCUT2D eigenvalue weighted by Gasteiger charge is -2.27. The normalized spacial score (nSPS) is 34.6. The second-order valence-electron chi connectivity index (χ2n) is 6.25. The van der Waals surface area contributed by atoms with Gasteiger partial charge in [0.2, 0.25) is 5.95 Å². The minimum Gasteiger partial charge on any atom is -0.349 e. The molecule has 3 rings (SSSR count). The summed E-state index contributed by atoms with van der Waals surface area (Å²) in [5.74, 6) is 2.45. The van der Waals surface area contributed by atoms with Gasteiger partial charge in [0, 0.05) is 16.9 Å². The highest BCUT2D eigenvalue weighted by Gasteiger charge is 2.44. The monoisotopic (exact) mass is 246 g/mol. The van der Waals surface area contributed by atoms with Crippen LogP contribution in [0.2, 0.25) is 0 Å². The summed E-state index contributed by atoms with van der Waals surface area (Å²) in [5.41, 5.74) is 2.24. The van der Waals surface area contributed by atoms with E-state index in [-0.39, 0.29) is 5.54 Å². The number of rotatable bonds is 2. The molecular weight excluding hydrogens is 224 g/mol. The third kappa shape index (κ3) is 2.21. The highest BCUT2D eigenvalue weighted by atomic mass is 15.2. The van der Waals surface area contributed by atoms with E-state index in [2.05, 4.69) is 27.5 Å². The molecular formula is C14H22N4. The quantitative estimate of drug-likeness (QED) is 0.836. The van der Waals surface area contributed by atoms with Crippen LogP contribution in [-0.2, 0) is 0 Å². The van der Waals surface area contributed by atoms with E-state index in [9.17, 15) is 0 Å². The molecule has 4 nitrogen and oxygen atoms in total. The number of aryl methyl sites for hydroxylation is 2. The molecule has 1 aromatic rings. The average molecular weight is 246 g/mol. The molecule has 0 spiro atoms. The second kappa shape index (κ2) is 4.19. The molecule has 3 atom stereocenters. The van der Waals surface area contributed by atoms with Crippen LogP contribution in [-0.4, -0.2) is 28.6 Å². The van der Waals surface area contributed by atoms with Gasteiger partial charge in [-0.3, -0.25) is 0 Å². The minimum atomic E-state index is 0.164. The molecule has 0 radical (unpaired) electrons. The third-order valence-electron chi connectivity index (χ3n) is 4.30. The molecule has 2 N–H and O–H groups in total. The highest BCUT2D eigenvalue weighted by Crippen LogP contribution is 2.42. The largest absolute Gasteiger partial charge is 0.349 e. The van der Waals surface area contributed by atoms with Gasteiger partial charge in [-0.25, -0.2) is 9.97 Å². The van der Waals surface area contributed by atoms with Crippen LogP contribution < -0.4 is 10.6 Å². The van der Waals surface area contributed by atoms with Crippen molar-refractivity contribution < 1.29 is 0 Å². The van der Waals surface area contributed by atoms with E-state index in [1.807, 2.05) is 19.9 Å². The summed E-state index contributed by atoms with van der Waals surface area (Å²) in [5, 5.41) is 7.06. The maximum atomic E-state index is 4.50. The van der Waals surface area contributed by atoms with Crippen LogP contribution in [0.4, 0.5) is 5.95 Å². The van der Waals surface area contributed by atoms with Gasteiger partial charge in [-0.05, 0) is 64.6 Å². The fourth-order valence-corrected chi connectivity index (χ4v) is 3.66. The van der Waals surface area contributed by atoms with Crippen LogP contribution in [0.3, 0.4) is 0 Å². The first-order chi connectivity index (χ1) is 8.54. The van der Waals surface area contributed by atoms with Crippen molar-refractivity contribution >= 4 is 5.95 Å². The number of fused-ring (bicyclic) bond motifs is 1. The van der Waals surface area contributed by atoms with Crippen molar-refractivity contribution in [2.24, 2.45) is 11.8 Å². The smallest absolute Gasteiger partial charge is 0.223 e. The molecule has 4 heteroatoms. The molecule has 0 bridgehead atoms. The highest BCUT2D eigenvalue weighted by molar-refractivity contribution is 5.32. The van der Waals surface area contributed by atoms with Gasteiger partial charge in [0.15, 0.2) is 0 Å². The molecule has 18 heavy (non-hydrogen) atoms. The third-order valence-corrected chi connectivity index (χ3v) is 4.30. The van der Waals surface area contributed by atoms with Gasteiger partial charge in [0.05, 0.1) is 0 Å². The lowest BCUT2D eigenvalue weighted by Crippen LogP contribution is -2.34. The van der Waals surface area contributed by atoms with Gasteiger partial charge in [0.1, 0.15) is 0 Å². The first kappa shape index (κ1) is 11.9. The Bertz CT molecular complexity index is 425. The molecule has 1 aliphatic heterocycles. The first-order valence-electron chi connectivity index (χ1n) is 6.85. The Morgan fingerprint density at radius 3 is 2.28 bits per heavy atom. The first-order valence-corrected chi connectivity index (χ1v) is 6.85. The summed E-state index contributed by atoms with van der Waals surface area (Å²) < 4.78 is 0. The van der Waals surface area contributed by atoms with Crippen LogP contribution in [0, 0.1) is 25.7 Å². The van der Waals surface area contributed by atoms with Crippen molar-refractivity contribution in [3.8, 4) is 0 Å². The van der Waals surface area contributed by atoms with Crippen LogP contribution >= 0.6 is 0 Å². The molecule has 2 fully saturated rings. The Morgan fingerprint density at radius 1 is 1.17 bits per heavy atom. The fraction of sp³-hybridized carbons (Fsp3) is 0.714. The standard InChI is InChI=1S/C14H22N4/c1-9-4-10(2)17-13(16-9)18-14(3)5-11-7-15-8-12(11)6-14/h4,11-12,15H,5-8H2,1-3H3,(H,16,17,18)/t11-,12+,14?. The topological polar surface area (TPSA) is 49.8 Å². The van der Waals surface area contributed by atoms with Crippen molar-refractivity contribution in [2.75, 3.05) is 18.4 Å². The Kier molecular flexibility index (Phi) is 2.77. The average Bonchev–Trinajstić information content (AvgIpc) is 2.72. The molecule has 1 aromatic heterocycles. The van der Waals surface area contributed by atoms with E-state index in [4.69, 9.17) is 0 Å². The SMILES string of the molecule is Cc1cc(C)nc(NC2(C)C[C@H]3CNC[C@H]3C2)n1. The molecule has 1 saturated heterocycles. The Labute approximate surface area is 109 Å². The summed E-state index contributed by atoms with van der Waals surface area (Å²) in [4.78, 5) is 9.00. The zero-order chi connectivity index (χ0) is 12.8. The van der Waals surface area contributed by atoms with Crippen molar-refractivity contribution in [1.29, 1.82) is 0 Å². The number of hydrogen-bond donors (Lipinski definition) is 2. The number of nitrogens with zero attached hydrogens (tertiary/aromatic N) is 2. The van der Waals surface area contributed by atoms with E-state index in [1.165, 1.54) is 25.9 Å². The molecule has 0 aromatic carbocycles. The zero-order valence-corrected chi connectivity index (χ0v) is 11.5. The van der Waals surface area contributed by atoms with Crippen LogP contribution in [0.1, 0.15) is 31.2 Å². The van der Waals surface area contributed by atoms with Gasteiger partial charge in [-0.2, -0.15) is 0 Å². The van der Waals surface area contributed by atoms with Crippen molar-refractivity contribution in [3.63, 3.8) is 0 Å². The van der Waals surface area contributed by atoms with Gasteiger partial charge < -0.3 is 10.6 Å². The van der Waals surface area contributed by atoms with Crippen molar-refractivity contribution in [3.05, 3.63) is 17.5 Å². The molecule has 0 amide bonds. The van der Waals surface area contributed by atoms with Crippen LogP contribution in [0.15, 0.2) is 6.07 Å². The fourth-order valence-electron chi connectivity index (χ4n) is 3.66. The minimum absolute atomic E-state index is 0.164. The molecule has 1 unspecified atom stereocenters. The van der Waals surface area contributed by atoms with Crippen LogP contribution in [0.5, 0.6) is 0 Å². The van der Waals surface area contributed by atoms with Crippen molar-refractivity contribution in [2.45, 2.75) is 39.2 Å². The molecule has 1 aliphatic carbocycles. The molecule has 98 valence electrons. The van der Waals surface area contributed by atoms with E-state index in [0.717, 1.165) is 29.2 Å². The predicted molar refractivity (Wildman–Crippen MR) is 72.6 cm³/mol. The second-order valence-corrected chi connectivity index (χ2v) is 6.25. The maximum Gasteiger partial charge on any atom is 0.223 e. The lowest BCUT2D eigenvalue weighted by molar-refractivity contribution is 0.476. The summed E-state index contributed by atoms with van der Waals surface area (Å²) in [6.45, 7) is 8.71. The summed E-state index contributed by atoms with van der Waals surface area (Å²) in [6, 6.07) is 2.01.